The van der Waals surface area contributed by atoms with Crippen molar-refractivity contribution >= 4 is 5.97 Å². The second-order valence-corrected chi connectivity index (χ2v) is 10.7. The molecule has 0 aliphatic rings. The number of hydrogen-bond donors (Lipinski definition) is 3. The van der Waals surface area contributed by atoms with Gasteiger partial charge in [-0.2, -0.15) is 0 Å². The lowest BCUT2D eigenvalue weighted by Crippen LogP contribution is -2.39. The molecule has 0 saturated carbocycles. The smallest absolute Gasteiger partial charge is 0.307 e. The van der Waals surface area contributed by atoms with E-state index >= 15 is 0 Å². The molecule has 0 bridgehead atoms. The summed E-state index contributed by atoms with van der Waals surface area (Å²) in [5, 5.41) is 24.2. The lowest BCUT2D eigenvalue weighted by atomic mass is 10.0. The van der Waals surface area contributed by atoms with Crippen LogP contribution in [0.15, 0.2) is 0 Å². The minimum absolute atomic E-state index is 0.217. The van der Waals surface area contributed by atoms with E-state index in [1.165, 1.54) is 89.9 Å². The summed E-state index contributed by atoms with van der Waals surface area (Å²) in [6, 6.07) is 0. The van der Waals surface area contributed by atoms with E-state index in [4.69, 9.17) is 4.74 Å². The third-order valence-electron chi connectivity index (χ3n) is 6.97. The van der Waals surface area contributed by atoms with Gasteiger partial charge in [0.2, 0.25) is 0 Å². The number of likely N-dealkylation sites (N-methyl/N-ethyl adjacent to an activating group) is 1. The molecule has 0 heterocycles. The summed E-state index contributed by atoms with van der Waals surface area (Å²) >= 11 is 0. The Morgan fingerprint density at radius 2 is 1.14 bits per heavy atom. The van der Waals surface area contributed by atoms with Crippen LogP contribution in [-0.2, 0) is 9.53 Å². The van der Waals surface area contributed by atoms with E-state index < -0.39 is 12.2 Å². The van der Waals surface area contributed by atoms with Crippen molar-refractivity contribution in [3.63, 3.8) is 0 Å². The minimum atomic E-state index is -0.416. The summed E-state index contributed by atoms with van der Waals surface area (Å²) in [5.74, 6) is -0.217. The van der Waals surface area contributed by atoms with Crippen molar-refractivity contribution in [1.29, 1.82) is 0 Å². The van der Waals surface area contributed by atoms with Crippen LogP contribution in [0.3, 0.4) is 0 Å². The molecule has 36 heavy (non-hydrogen) atoms. The van der Waals surface area contributed by atoms with E-state index in [1.54, 1.807) is 0 Å². The van der Waals surface area contributed by atoms with Crippen LogP contribution in [0.5, 0.6) is 0 Å². The number of esters is 1. The quantitative estimate of drug-likeness (QED) is 0.0849. The fourth-order valence-electron chi connectivity index (χ4n) is 4.65. The summed E-state index contributed by atoms with van der Waals surface area (Å²) in [4.78, 5) is 14.1. The van der Waals surface area contributed by atoms with Crippen molar-refractivity contribution in [3.05, 3.63) is 0 Å². The molecule has 0 aliphatic heterocycles. The Hall–Kier alpha value is -0.690. The second-order valence-electron chi connectivity index (χ2n) is 10.7. The maximum Gasteiger partial charge on any atom is 0.307 e. The van der Waals surface area contributed by atoms with Crippen molar-refractivity contribution in [2.45, 2.75) is 148 Å². The Bertz CT molecular complexity index is 436. The number of ether oxygens (including phenoxy) is 1. The summed E-state index contributed by atoms with van der Waals surface area (Å²) in [6.45, 7) is 7.03. The lowest BCUT2D eigenvalue weighted by Gasteiger charge is -2.27. The molecule has 0 aromatic rings. The summed E-state index contributed by atoms with van der Waals surface area (Å²) in [5.41, 5.74) is 0. The first-order valence-corrected chi connectivity index (χ1v) is 15.4. The molecule has 2 unspecified atom stereocenters. The van der Waals surface area contributed by atoms with Crippen LogP contribution in [0.25, 0.3) is 0 Å². The Balaban J connectivity index is 4.29. The molecule has 6 heteroatoms. The zero-order valence-corrected chi connectivity index (χ0v) is 24.3. The van der Waals surface area contributed by atoms with E-state index in [0.29, 0.717) is 39.2 Å². The van der Waals surface area contributed by atoms with Crippen LogP contribution in [0.2, 0.25) is 0 Å². The first-order chi connectivity index (χ1) is 17.5. The monoisotopic (exact) mass is 514 g/mol. The van der Waals surface area contributed by atoms with Crippen molar-refractivity contribution in [2.75, 3.05) is 39.8 Å². The number of aliphatic hydroxyl groups is 2. The van der Waals surface area contributed by atoms with Gasteiger partial charge in [-0.3, -0.25) is 9.69 Å². The van der Waals surface area contributed by atoms with E-state index in [-0.39, 0.29) is 5.97 Å². The molecule has 216 valence electrons. The lowest BCUT2D eigenvalue weighted by molar-refractivity contribution is -0.144. The summed E-state index contributed by atoms with van der Waals surface area (Å²) < 4.78 is 5.24. The number of nitrogens with zero attached hydrogens (tertiary/aromatic N) is 1. The van der Waals surface area contributed by atoms with Crippen molar-refractivity contribution in [2.24, 2.45) is 0 Å². The number of nitrogens with one attached hydrogen (secondary N) is 1. The molecule has 3 N–H and O–H groups in total. The highest BCUT2D eigenvalue weighted by Gasteiger charge is 2.17. The van der Waals surface area contributed by atoms with E-state index in [9.17, 15) is 15.0 Å². The first kappa shape index (κ1) is 35.3. The van der Waals surface area contributed by atoms with Crippen LogP contribution >= 0.6 is 0 Å². The van der Waals surface area contributed by atoms with Gasteiger partial charge in [0.05, 0.1) is 18.6 Å². The number of unbranched alkanes of at least 4 members (excludes halogenated alkanes) is 14. The number of aliphatic hydroxyl groups excluding tert-OH is 2. The zero-order valence-electron chi connectivity index (χ0n) is 24.3. The van der Waals surface area contributed by atoms with E-state index in [2.05, 4.69) is 24.1 Å². The van der Waals surface area contributed by atoms with Crippen LogP contribution in [0.4, 0.5) is 0 Å². The van der Waals surface area contributed by atoms with Crippen molar-refractivity contribution in [1.82, 2.24) is 10.2 Å². The molecule has 0 radical (unpaired) electrons. The highest BCUT2D eigenvalue weighted by atomic mass is 16.5. The highest BCUT2D eigenvalue weighted by molar-refractivity contribution is 5.69. The van der Waals surface area contributed by atoms with Crippen molar-refractivity contribution < 1.29 is 19.7 Å². The molecular weight excluding hydrogens is 452 g/mol. The minimum Gasteiger partial charge on any atom is -0.464 e. The third-order valence-corrected chi connectivity index (χ3v) is 6.97. The molecule has 0 aromatic carbocycles. The number of rotatable bonds is 28. The molecule has 6 nitrogen and oxygen atoms in total. The third kappa shape index (κ3) is 25.0. The van der Waals surface area contributed by atoms with Crippen LogP contribution in [0.1, 0.15) is 136 Å². The molecule has 0 aliphatic carbocycles. The second kappa shape index (κ2) is 27.3. The molecule has 0 rings (SSSR count). The van der Waals surface area contributed by atoms with Gasteiger partial charge in [0, 0.05) is 26.2 Å². The molecule has 0 amide bonds. The Morgan fingerprint density at radius 3 is 1.56 bits per heavy atom. The SMILES string of the molecule is CCCCCCCCCCC(O)CN(CCC(=O)OCCNC)CC(O)CCCCCCCCCC. The molecule has 0 aromatic heterocycles. The summed E-state index contributed by atoms with van der Waals surface area (Å²) in [7, 11) is 1.83. The largest absolute Gasteiger partial charge is 0.464 e. The molecular formula is C30H62N2O4. The summed E-state index contributed by atoms with van der Waals surface area (Å²) in [6.07, 6.45) is 21.1. The van der Waals surface area contributed by atoms with Gasteiger partial charge in [0.15, 0.2) is 0 Å². The van der Waals surface area contributed by atoms with Gasteiger partial charge < -0.3 is 20.3 Å². The number of carbonyl (C=O) groups excluding carboxylic acids is 1. The molecule has 2 atom stereocenters. The molecule has 0 fully saturated rings. The van der Waals surface area contributed by atoms with Gasteiger partial charge in [-0.05, 0) is 19.9 Å². The van der Waals surface area contributed by atoms with Crippen molar-refractivity contribution in [3.8, 4) is 0 Å². The Labute approximate surface area is 223 Å². The fourth-order valence-corrected chi connectivity index (χ4v) is 4.65. The maximum absolute atomic E-state index is 12.1. The Morgan fingerprint density at radius 1 is 0.722 bits per heavy atom. The highest BCUT2D eigenvalue weighted by Crippen LogP contribution is 2.14. The van der Waals surface area contributed by atoms with Crippen LogP contribution in [-0.4, -0.2) is 73.1 Å². The number of carbonyl (C=O) groups is 1. The van der Waals surface area contributed by atoms with Gasteiger partial charge in [-0.25, -0.2) is 0 Å². The van der Waals surface area contributed by atoms with E-state index in [1.807, 2.05) is 7.05 Å². The maximum atomic E-state index is 12.1. The molecule has 0 saturated heterocycles. The Kier molecular flexibility index (Phi) is 26.8. The predicted octanol–water partition coefficient (Wildman–Crippen LogP) is 6.22. The van der Waals surface area contributed by atoms with Crippen LogP contribution in [0, 0.1) is 0 Å². The van der Waals surface area contributed by atoms with Crippen LogP contribution < -0.4 is 5.32 Å². The van der Waals surface area contributed by atoms with Gasteiger partial charge in [-0.1, -0.05) is 117 Å². The predicted molar refractivity (Wildman–Crippen MR) is 152 cm³/mol. The fraction of sp³-hybridized carbons (Fsp3) is 0.967. The standard InChI is InChI=1S/C30H62N2O4/c1-4-6-8-10-12-14-16-18-20-28(33)26-32(24-22-30(35)36-25-23-31-3)27-29(34)21-19-17-15-13-11-9-7-5-2/h28-29,31,33-34H,4-27H2,1-3H3. The normalized spacial score (nSPS) is 13.3. The zero-order chi connectivity index (χ0) is 26.7. The van der Waals surface area contributed by atoms with Gasteiger partial charge in [-0.15, -0.1) is 0 Å². The topological polar surface area (TPSA) is 82.0 Å². The van der Waals surface area contributed by atoms with Gasteiger partial charge >= 0.3 is 5.97 Å². The van der Waals surface area contributed by atoms with E-state index in [0.717, 1.165) is 25.7 Å². The van der Waals surface area contributed by atoms with Gasteiger partial charge in [0.1, 0.15) is 6.61 Å². The average Bonchev–Trinajstić information content (AvgIpc) is 2.86. The average molecular weight is 515 g/mol. The van der Waals surface area contributed by atoms with Gasteiger partial charge in [0.25, 0.3) is 0 Å². The molecule has 0 spiro atoms. The first-order valence-electron chi connectivity index (χ1n) is 15.4. The number of hydrogen-bond acceptors (Lipinski definition) is 6.